The molecular formula is C10H16N2O3S. The van der Waals surface area contributed by atoms with Gasteiger partial charge in [0.25, 0.3) is 0 Å². The molecule has 0 aliphatic heterocycles. The molecule has 1 unspecified atom stereocenters. The Kier molecular flexibility index (Phi) is 4.79. The zero-order valence-electron chi connectivity index (χ0n) is 9.64. The molecule has 1 rings (SSSR count). The van der Waals surface area contributed by atoms with Crippen molar-refractivity contribution >= 4 is 17.7 Å². The van der Waals surface area contributed by atoms with Crippen molar-refractivity contribution in [3.05, 3.63) is 11.7 Å². The second-order valence-corrected chi connectivity index (χ2v) is 5.32. The van der Waals surface area contributed by atoms with Gasteiger partial charge in [-0.25, -0.2) is 0 Å². The van der Waals surface area contributed by atoms with E-state index in [4.69, 9.17) is 9.63 Å². The van der Waals surface area contributed by atoms with Crippen LogP contribution >= 0.6 is 11.8 Å². The number of carboxylic acid groups (broad SMARTS) is 1. The summed E-state index contributed by atoms with van der Waals surface area (Å²) < 4.78 is 5.02. The van der Waals surface area contributed by atoms with Crippen molar-refractivity contribution in [1.82, 2.24) is 10.1 Å². The first-order chi connectivity index (χ1) is 7.49. The third kappa shape index (κ3) is 4.22. The predicted octanol–water partition coefficient (Wildman–Crippen LogP) is 1.97. The number of rotatable bonds is 6. The van der Waals surface area contributed by atoms with Crippen molar-refractivity contribution in [3.8, 4) is 0 Å². The summed E-state index contributed by atoms with van der Waals surface area (Å²) in [5.41, 5.74) is 0. The molecule has 0 saturated heterocycles. The van der Waals surface area contributed by atoms with Gasteiger partial charge in [-0.05, 0) is 12.8 Å². The lowest BCUT2D eigenvalue weighted by Gasteiger charge is -2.01. The van der Waals surface area contributed by atoms with Crippen LogP contribution in [0.25, 0.3) is 0 Å². The molecule has 0 saturated carbocycles. The highest BCUT2D eigenvalue weighted by atomic mass is 32.2. The van der Waals surface area contributed by atoms with Crippen molar-refractivity contribution < 1.29 is 14.4 Å². The lowest BCUT2D eigenvalue weighted by atomic mass is 10.1. The molecule has 0 spiro atoms. The maximum absolute atomic E-state index is 10.6. The van der Waals surface area contributed by atoms with E-state index in [1.807, 2.05) is 0 Å². The van der Waals surface area contributed by atoms with Crippen LogP contribution in [0.5, 0.6) is 0 Å². The second kappa shape index (κ2) is 5.89. The Morgan fingerprint density at radius 1 is 1.50 bits per heavy atom. The average molecular weight is 244 g/mol. The molecule has 5 nitrogen and oxygen atoms in total. The van der Waals surface area contributed by atoms with E-state index in [-0.39, 0.29) is 0 Å². The number of nitrogens with zero attached hydrogens (tertiary/aromatic N) is 2. The smallest absolute Gasteiger partial charge is 0.316 e. The fraction of sp³-hybridized carbons (Fsp3) is 0.700. The van der Waals surface area contributed by atoms with Crippen LogP contribution < -0.4 is 0 Å². The summed E-state index contributed by atoms with van der Waals surface area (Å²) in [4.78, 5) is 14.8. The molecule has 1 aromatic rings. The Hall–Kier alpha value is -1.04. The van der Waals surface area contributed by atoms with Crippen LogP contribution in [0.3, 0.4) is 0 Å². The largest absolute Gasteiger partial charge is 0.480 e. The van der Waals surface area contributed by atoms with Gasteiger partial charge in [0.15, 0.2) is 5.82 Å². The number of carbonyl (C=O) groups is 1. The SMILES string of the molecule is CC(C)Cc1noc(CSC(C)C(=O)O)n1. The van der Waals surface area contributed by atoms with Crippen LogP contribution in [-0.2, 0) is 17.0 Å². The molecule has 0 aromatic carbocycles. The minimum absolute atomic E-state index is 0.443. The molecule has 0 aliphatic rings. The monoisotopic (exact) mass is 244 g/mol. The van der Waals surface area contributed by atoms with Crippen LogP contribution in [0.15, 0.2) is 4.52 Å². The lowest BCUT2D eigenvalue weighted by molar-refractivity contribution is -0.136. The molecule has 0 radical (unpaired) electrons. The number of thioether (sulfide) groups is 1. The van der Waals surface area contributed by atoms with E-state index < -0.39 is 11.2 Å². The fourth-order valence-corrected chi connectivity index (χ4v) is 1.72. The molecule has 0 aliphatic carbocycles. The van der Waals surface area contributed by atoms with Gasteiger partial charge in [-0.15, -0.1) is 11.8 Å². The molecule has 1 heterocycles. The Labute approximate surface area is 98.6 Å². The second-order valence-electron chi connectivity index (χ2n) is 3.99. The number of hydrogen-bond acceptors (Lipinski definition) is 5. The van der Waals surface area contributed by atoms with Crippen LogP contribution in [-0.4, -0.2) is 26.5 Å². The number of aliphatic carboxylic acids is 1. The first kappa shape index (κ1) is 13.0. The zero-order valence-corrected chi connectivity index (χ0v) is 10.5. The molecule has 90 valence electrons. The molecule has 1 aromatic heterocycles. The Balaban J connectivity index is 2.43. The summed E-state index contributed by atoms with van der Waals surface area (Å²) in [6.45, 7) is 5.80. The molecule has 0 bridgehead atoms. The first-order valence-corrected chi connectivity index (χ1v) is 6.19. The van der Waals surface area contributed by atoms with E-state index >= 15 is 0 Å². The topological polar surface area (TPSA) is 76.2 Å². The van der Waals surface area contributed by atoms with Gasteiger partial charge in [0.2, 0.25) is 5.89 Å². The van der Waals surface area contributed by atoms with Crippen LogP contribution in [0.4, 0.5) is 0 Å². The molecule has 16 heavy (non-hydrogen) atoms. The molecule has 6 heteroatoms. The standard InChI is InChI=1S/C10H16N2O3S/c1-6(2)4-8-11-9(15-12-8)5-16-7(3)10(13)14/h6-7H,4-5H2,1-3H3,(H,13,14). The third-order valence-electron chi connectivity index (χ3n) is 1.91. The van der Waals surface area contributed by atoms with Crippen molar-refractivity contribution in [1.29, 1.82) is 0 Å². The predicted molar refractivity (Wildman–Crippen MR) is 61.2 cm³/mol. The summed E-state index contributed by atoms with van der Waals surface area (Å²) in [7, 11) is 0. The van der Waals surface area contributed by atoms with E-state index in [1.165, 1.54) is 11.8 Å². The Morgan fingerprint density at radius 2 is 2.19 bits per heavy atom. The van der Waals surface area contributed by atoms with E-state index in [1.54, 1.807) is 6.92 Å². The van der Waals surface area contributed by atoms with Gasteiger partial charge in [-0.2, -0.15) is 4.98 Å². The highest BCUT2D eigenvalue weighted by Crippen LogP contribution is 2.17. The van der Waals surface area contributed by atoms with Gasteiger partial charge in [0.05, 0.1) is 11.0 Å². The first-order valence-electron chi connectivity index (χ1n) is 5.15. The van der Waals surface area contributed by atoms with Crippen molar-refractivity contribution in [2.45, 2.75) is 38.2 Å². The molecule has 1 atom stereocenters. The van der Waals surface area contributed by atoms with Gasteiger partial charge in [-0.3, -0.25) is 4.79 Å². The highest BCUT2D eigenvalue weighted by molar-refractivity contribution is 7.99. The lowest BCUT2D eigenvalue weighted by Crippen LogP contribution is -2.11. The fourth-order valence-electron chi connectivity index (χ4n) is 1.06. The maximum atomic E-state index is 10.6. The number of hydrogen-bond donors (Lipinski definition) is 1. The van der Waals surface area contributed by atoms with Crippen LogP contribution in [0.1, 0.15) is 32.5 Å². The molecule has 1 N–H and O–H groups in total. The number of aromatic nitrogens is 2. The molecule has 0 fully saturated rings. The van der Waals surface area contributed by atoms with E-state index in [0.717, 1.165) is 6.42 Å². The zero-order chi connectivity index (χ0) is 12.1. The average Bonchev–Trinajstić information content (AvgIpc) is 2.60. The summed E-state index contributed by atoms with van der Waals surface area (Å²) in [5.74, 6) is 1.28. The minimum Gasteiger partial charge on any atom is -0.480 e. The van der Waals surface area contributed by atoms with Crippen LogP contribution in [0.2, 0.25) is 0 Å². The van der Waals surface area contributed by atoms with Crippen molar-refractivity contribution in [3.63, 3.8) is 0 Å². The normalized spacial score (nSPS) is 13.0. The maximum Gasteiger partial charge on any atom is 0.316 e. The third-order valence-corrected chi connectivity index (χ3v) is 3.02. The quantitative estimate of drug-likeness (QED) is 0.824. The summed E-state index contributed by atoms with van der Waals surface area (Å²) in [6, 6.07) is 0. The van der Waals surface area contributed by atoms with E-state index in [9.17, 15) is 4.79 Å². The van der Waals surface area contributed by atoms with E-state index in [2.05, 4.69) is 24.0 Å². The van der Waals surface area contributed by atoms with Gasteiger partial charge in [-0.1, -0.05) is 19.0 Å². The van der Waals surface area contributed by atoms with Gasteiger partial charge < -0.3 is 9.63 Å². The highest BCUT2D eigenvalue weighted by Gasteiger charge is 2.14. The van der Waals surface area contributed by atoms with Gasteiger partial charge in [0, 0.05) is 6.42 Å². The summed E-state index contributed by atoms with van der Waals surface area (Å²) in [5, 5.41) is 12.1. The van der Waals surface area contributed by atoms with Gasteiger partial charge in [0.1, 0.15) is 0 Å². The van der Waals surface area contributed by atoms with Crippen molar-refractivity contribution in [2.75, 3.05) is 0 Å². The van der Waals surface area contributed by atoms with E-state index in [0.29, 0.717) is 23.4 Å². The summed E-state index contributed by atoms with van der Waals surface area (Å²) in [6.07, 6.45) is 0.780. The van der Waals surface area contributed by atoms with Gasteiger partial charge >= 0.3 is 5.97 Å². The Morgan fingerprint density at radius 3 is 2.75 bits per heavy atom. The number of carboxylic acids is 1. The summed E-state index contributed by atoms with van der Waals surface area (Å²) >= 11 is 1.27. The van der Waals surface area contributed by atoms with Crippen LogP contribution in [0, 0.1) is 5.92 Å². The Bertz CT molecular complexity index is 352. The van der Waals surface area contributed by atoms with Crippen molar-refractivity contribution in [2.24, 2.45) is 5.92 Å². The molecular weight excluding hydrogens is 228 g/mol. The molecule has 0 amide bonds. The minimum atomic E-state index is -0.827.